The van der Waals surface area contributed by atoms with Crippen LogP contribution in [0, 0.1) is 0 Å². The number of aliphatic hydroxyl groups is 1. The van der Waals surface area contributed by atoms with Crippen molar-refractivity contribution in [2.45, 2.75) is 13.3 Å². The molecule has 0 fully saturated rings. The molecule has 0 aliphatic heterocycles. The summed E-state index contributed by atoms with van der Waals surface area (Å²) in [4.78, 5) is 9.59. The molecule has 0 rings (SSSR count). The Morgan fingerprint density at radius 2 is 1.91 bits per heavy atom. The Kier molecular flexibility index (Phi) is 14.3. The topological polar surface area (TPSA) is 55.8 Å². The van der Waals surface area contributed by atoms with E-state index in [2.05, 4.69) is 9.47 Å². The lowest BCUT2D eigenvalue weighted by molar-refractivity contribution is -0.137. The Morgan fingerprint density at radius 1 is 1.45 bits per heavy atom. The van der Waals surface area contributed by atoms with Gasteiger partial charge in [0.05, 0.1) is 7.11 Å². The zero-order valence-corrected chi connectivity index (χ0v) is 7.29. The first kappa shape index (κ1) is 13.0. The molecule has 0 aromatic heterocycles. The van der Waals surface area contributed by atoms with Crippen LogP contribution in [0.15, 0.2) is 0 Å². The van der Waals surface area contributed by atoms with Crippen LogP contribution in [-0.2, 0) is 14.3 Å². The largest absolute Gasteiger partial charge is 0.469 e. The predicted octanol–water partition coefficient (Wildman–Crippen LogP) is 0.194. The van der Waals surface area contributed by atoms with Crippen molar-refractivity contribution < 1.29 is 19.4 Å². The molecule has 0 spiro atoms. The Balaban J connectivity index is 0. The third kappa shape index (κ3) is 26.6. The lowest BCUT2D eigenvalue weighted by Crippen LogP contribution is -1.90. The van der Waals surface area contributed by atoms with E-state index in [1.165, 1.54) is 14.0 Å². The molecule has 4 heteroatoms. The summed E-state index contributed by atoms with van der Waals surface area (Å²) in [5, 5.41) is 8.12. The predicted molar refractivity (Wildman–Crippen MR) is 41.3 cm³/mol. The minimum Gasteiger partial charge on any atom is -0.469 e. The van der Waals surface area contributed by atoms with E-state index in [0.29, 0.717) is 6.61 Å². The van der Waals surface area contributed by atoms with Gasteiger partial charge in [0.1, 0.15) is 0 Å². The van der Waals surface area contributed by atoms with Gasteiger partial charge < -0.3 is 14.6 Å². The number of carbonyl (C=O) groups excluding carboxylic acids is 1. The highest BCUT2D eigenvalue weighted by Gasteiger charge is 1.76. The quantitative estimate of drug-likeness (QED) is 0.478. The molecule has 0 bridgehead atoms. The zero-order chi connectivity index (χ0) is 9.11. The molecule has 0 saturated heterocycles. The van der Waals surface area contributed by atoms with Crippen molar-refractivity contribution >= 4 is 5.97 Å². The second-order valence-corrected chi connectivity index (χ2v) is 1.77. The number of hydrogen-bond donors (Lipinski definition) is 1. The van der Waals surface area contributed by atoms with Gasteiger partial charge in [0.2, 0.25) is 0 Å². The summed E-state index contributed by atoms with van der Waals surface area (Å²) in [5.74, 6) is -0.245. The average molecular weight is 164 g/mol. The van der Waals surface area contributed by atoms with Gasteiger partial charge in [-0.15, -0.1) is 0 Å². The van der Waals surface area contributed by atoms with E-state index in [1.807, 2.05) is 0 Å². The van der Waals surface area contributed by atoms with E-state index >= 15 is 0 Å². The van der Waals surface area contributed by atoms with Gasteiger partial charge in [-0.3, -0.25) is 4.79 Å². The van der Waals surface area contributed by atoms with E-state index < -0.39 is 0 Å². The molecular weight excluding hydrogens is 148 g/mol. The number of methoxy groups -OCH3 is 2. The van der Waals surface area contributed by atoms with E-state index in [9.17, 15) is 4.79 Å². The maximum absolute atomic E-state index is 9.59. The van der Waals surface area contributed by atoms with Crippen molar-refractivity contribution in [3.05, 3.63) is 0 Å². The number of carbonyl (C=O) groups is 1. The summed E-state index contributed by atoms with van der Waals surface area (Å²) in [5.41, 5.74) is 0. The number of ether oxygens (including phenoxy) is 2. The van der Waals surface area contributed by atoms with Crippen molar-refractivity contribution in [2.24, 2.45) is 0 Å². The fraction of sp³-hybridized carbons (Fsp3) is 0.857. The minimum absolute atomic E-state index is 0.230. The summed E-state index contributed by atoms with van der Waals surface area (Å²) >= 11 is 0. The lowest BCUT2D eigenvalue weighted by Gasteiger charge is -1.89. The maximum atomic E-state index is 9.59. The Bertz CT molecular complexity index is 78.5. The van der Waals surface area contributed by atoms with Crippen LogP contribution in [0.2, 0.25) is 0 Å². The molecule has 0 aliphatic carbocycles. The van der Waals surface area contributed by atoms with E-state index in [1.54, 1.807) is 7.11 Å². The second kappa shape index (κ2) is 12.1. The fourth-order valence-corrected chi connectivity index (χ4v) is 0.209. The van der Waals surface area contributed by atoms with Crippen molar-refractivity contribution in [1.82, 2.24) is 0 Å². The van der Waals surface area contributed by atoms with Crippen LogP contribution in [0.1, 0.15) is 13.3 Å². The summed E-state index contributed by atoms with van der Waals surface area (Å²) < 4.78 is 8.73. The molecule has 11 heavy (non-hydrogen) atoms. The molecule has 0 saturated carbocycles. The van der Waals surface area contributed by atoms with Crippen LogP contribution in [0.25, 0.3) is 0 Å². The van der Waals surface area contributed by atoms with Gasteiger partial charge >= 0.3 is 5.97 Å². The summed E-state index contributed by atoms with van der Waals surface area (Å²) in [7, 11) is 2.97. The maximum Gasteiger partial charge on any atom is 0.302 e. The van der Waals surface area contributed by atoms with Crippen LogP contribution < -0.4 is 0 Å². The third-order valence-electron chi connectivity index (χ3n) is 0.794. The van der Waals surface area contributed by atoms with Crippen LogP contribution in [0.5, 0.6) is 0 Å². The Hall–Kier alpha value is -0.610. The van der Waals surface area contributed by atoms with Gasteiger partial charge in [0.25, 0.3) is 0 Å². The monoisotopic (exact) mass is 164 g/mol. The van der Waals surface area contributed by atoms with Crippen molar-refractivity contribution in [3.8, 4) is 0 Å². The highest BCUT2D eigenvalue weighted by atomic mass is 16.5. The van der Waals surface area contributed by atoms with Gasteiger partial charge in [-0.05, 0) is 6.42 Å². The Labute approximate surface area is 67.1 Å². The molecule has 0 radical (unpaired) electrons. The summed E-state index contributed by atoms with van der Waals surface area (Å²) in [6.45, 7) is 2.25. The minimum atomic E-state index is -0.245. The number of rotatable bonds is 3. The van der Waals surface area contributed by atoms with E-state index in [-0.39, 0.29) is 12.6 Å². The molecule has 0 amide bonds. The van der Waals surface area contributed by atoms with Crippen LogP contribution in [-0.4, -0.2) is 38.5 Å². The number of hydrogen-bond acceptors (Lipinski definition) is 4. The normalized spacial score (nSPS) is 8.00. The molecule has 0 aromatic carbocycles. The van der Waals surface area contributed by atoms with Gasteiger partial charge in [-0.1, -0.05) is 0 Å². The average Bonchev–Trinajstić information content (AvgIpc) is 2.02. The number of aliphatic hydroxyl groups excluding tert-OH is 1. The molecular formula is C7H16O4. The standard InChI is InChI=1S/C4H10O2.C3H6O2/c1-6-4-2-3-5;1-3(4)5-2/h5H,2-4H2,1H3;1-2H3. The molecule has 68 valence electrons. The second-order valence-electron chi connectivity index (χ2n) is 1.77. The number of esters is 1. The molecule has 0 aliphatic rings. The third-order valence-corrected chi connectivity index (χ3v) is 0.794. The zero-order valence-electron chi connectivity index (χ0n) is 7.29. The first-order chi connectivity index (χ1) is 5.18. The smallest absolute Gasteiger partial charge is 0.302 e. The van der Waals surface area contributed by atoms with Gasteiger partial charge in [0.15, 0.2) is 0 Å². The van der Waals surface area contributed by atoms with Crippen LogP contribution in [0.4, 0.5) is 0 Å². The fourth-order valence-electron chi connectivity index (χ4n) is 0.209. The van der Waals surface area contributed by atoms with Crippen LogP contribution in [0.3, 0.4) is 0 Å². The van der Waals surface area contributed by atoms with Crippen molar-refractivity contribution in [1.29, 1.82) is 0 Å². The molecule has 4 nitrogen and oxygen atoms in total. The molecule has 0 atom stereocenters. The SMILES string of the molecule is COC(C)=O.COCCCO. The van der Waals surface area contributed by atoms with Gasteiger partial charge in [-0.25, -0.2) is 0 Å². The molecule has 0 heterocycles. The molecule has 0 unspecified atom stereocenters. The molecule has 1 N–H and O–H groups in total. The first-order valence-electron chi connectivity index (χ1n) is 3.33. The van der Waals surface area contributed by atoms with Gasteiger partial charge in [0, 0.05) is 27.2 Å². The highest BCUT2D eigenvalue weighted by Crippen LogP contribution is 1.72. The lowest BCUT2D eigenvalue weighted by atomic mass is 10.5. The highest BCUT2D eigenvalue weighted by molar-refractivity contribution is 5.65. The van der Waals surface area contributed by atoms with E-state index in [0.717, 1.165) is 6.42 Å². The van der Waals surface area contributed by atoms with Crippen molar-refractivity contribution in [2.75, 3.05) is 27.4 Å². The summed E-state index contributed by atoms with van der Waals surface area (Å²) in [6.07, 6.45) is 0.747. The van der Waals surface area contributed by atoms with Crippen LogP contribution >= 0.6 is 0 Å². The summed E-state index contributed by atoms with van der Waals surface area (Å²) in [6, 6.07) is 0. The Morgan fingerprint density at radius 3 is 2.00 bits per heavy atom. The first-order valence-corrected chi connectivity index (χ1v) is 3.33. The van der Waals surface area contributed by atoms with E-state index in [4.69, 9.17) is 5.11 Å². The molecule has 0 aromatic rings. The van der Waals surface area contributed by atoms with Gasteiger partial charge in [-0.2, -0.15) is 0 Å². The van der Waals surface area contributed by atoms with Crippen molar-refractivity contribution in [3.63, 3.8) is 0 Å².